The molecule has 0 bridgehead atoms. The number of aliphatic hydroxyl groups is 3. The van der Waals surface area contributed by atoms with Gasteiger partial charge in [-0.1, -0.05) is 0 Å². The monoisotopic (exact) mass is 464 g/mol. The summed E-state index contributed by atoms with van der Waals surface area (Å²) in [6, 6.07) is 3.82. The van der Waals surface area contributed by atoms with Gasteiger partial charge >= 0.3 is 0 Å². The SMILES string of the molecule is CC1OC(O)C(O)C(O)C1Oc1c(-c2cc(O)c(O)c(O)c2)oc2cc(O)cc(O)c2c1=O. The molecule has 1 aromatic heterocycles. The van der Waals surface area contributed by atoms with Crippen LogP contribution in [0.15, 0.2) is 33.5 Å². The number of hydrogen-bond acceptors (Lipinski definition) is 12. The van der Waals surface area contributed by atoms with E-state index in [9.17, 15) is 45.6 Å². The number of hydrogen-bond donors (Lipinski definition) is 8. The summed E-state index contributed by atoms with van der Waals surface area (Å²) >= 11 is 0. The summed E-state index contributed by atoms with van der Waals surface area (Å²) in [4.78, 5) is 13.3. The number of fused-ring (bicyclic) bond motifs is 1. The van der Waals surface area contributed by atoms with Crippen LogP contribution in [0.2, 0.25) is 0 Å². The summed E-state index contributed by atoms with van der Waals surface area (Å²) in [5.74, 6) is -4.45. The number of aromatic hydroxyl groups is 5. The first-order valence-corrected chi connectivity index (χ1v) is 9.64. The largest absolute Gasteiger partial charge is 0.508 e. The highest BCUT2D eigenvalue weighted by Crippen LogP contribution is 2.43. The van der Waals surface area contributed by atoms with Gasteiger partial charge in [0, 0.05) is 17.7 Å². The third-order valence-electron chi connectivity index (χ3n) is 5.30. The van der Waals surface area contributed by atoms with Gasteiger partial charge in [-0.15, -0.1) is 0 Å². The number of benzene rings is 2. The van der Waals surface area contributed by atoms with E-state index in [-0.39, 0.29) is 11.1 Å². The van der Waals surface area contributed by atoms with Crippen molar-refractivity contribution >= 4 is 11.0 Å². The van der Waals surface area contributed by atoms with Crippen molar-refractivity contribution < 1.29 is 54.7 Å². The zero-order valence-electron chi connectivity index (χ0n) is 16.9. The van der Waals surface area contributed by atoms with Gasteiger partial charge in [0.1, 0.15) is 34.7 Å². The predicted octanol–water partition coefficient (Wildman–Crippen LogP) is 0.194. The minimum absolute atomic E-state index is 0.154. The fourth-order valence-electron chi connectivity index (χ4n) is 3.62. The summed E-state index contributed by atoms with van der Waals surface area (Å²) in [7, 11) is 0. The van der Waals surface area contributed by atoms with Gasteiger partial charge in [-0.2, -0.15) is 0 Å². The van der Waals surface area contributed by atoms with Gasteiger partial charge in [0.25, 0.3) is 0 Å². The first-order valence-electron chi connectivity index (χ1n) is 9.64. The quantitative estimate of drug-likeness (QED) is 0.244. The van der Waals surface area contributed by atoms with Crippen LogP contribution >= 0.6 is 0 Å². The Kier molecular flexibility index (Phi) is 5.46. The molecule has 5 unspecified atom stereocenters. The lowest BCUT2D eigenvalue weighted by Crippen LogP contribution is -2.58. The fourth-order valence-corrected chi connectivity index (χ4v) is 3.62. The minimum atomic E-state index is -1.77. The molecule has 12 heteroatoms. The number of aliphatic hydroxyl groups excluding tert-OH is 3. The second kappa shape index (κ2) is 8.01. The van der Waals surface area contributed by atoms with E-state index in [4.69, 9.17) is 13.9 Å². The molecule has 2 aromatic carbocycles. The van der Waals surface area contributed by atoms with Crippen molar-refractivity contribution in [3.05, 3.63) is 34.5 Å². The van der Waals surface area contributed by atoms with E-state index in [0.29, 0.717) is 0 Å². The smallest absolute Gasteiger partial charge is 0.239 e. The molecule has 176 valence electrons. The normalized spacial score (nSPS) is 25.3. The molecule has 8 N–H and O–H groups in total. The van der Waals surface area contributed by atoms with Crippen LogP contribution in [0.5, 0.6) is 34.5 Å². The summed E-state index contributed by atoms with van der Waals surface area (Å²) in [6.45, 7) is 1.40. The Bertz CT molecular complexity index is 1260. The maximum Gasteiger partial charge on any atom is 0.239 e. The van der Waals surface area contributed by atoms with Crippen LogP contribution < -0.4 is 10.2 Å². The highest BCUT2D eigenvalue weighted by Gasteiger charge is 2.44. The van der Waals surface area contributed by atoms with Crippen LogP contribution in [0.3, 0.4) is 0 Å². The van der Waals surface area contributed by atoms with E-state index < -0.39 is 81.8 Å². The molecular formula is C21H20O12. The molecule has 33 heavy (non-hydrogen) atoms. The van der Waals surface area contributed by atoms with E-state index >= 15 is 0 Å². The number of phenolic OH excluding ortho intramolecular Hbond substituents is 5. The summed E-state index contributed by atoms with van der Waals surface area (Å²) in [6.07, 6.45) is -7.62. The molecule has 1 saturated heterocycles. The molecule has 0 amide bonds. The van der Waals surface area contributed by atoms with Crippen molar-refractivity contribution in [2.24, 2.45) is 0 Å². The van der Waals surface area contributed by atoms with Gasteiger partial charge in [0.2, 0.25) is 11.2 Å². The summed E-state index contributed by atoms with van der Waals surface area (Å²) in [5.41, 5.74) is -1.40. The molecule has 3 aromatic rings. The van der Waals surface area contributed by atoms with Crippen molar-refractivity contribution in [2.75, 3.05) is 0 Å². The molecule has 1 aliphatic rings. The number of rotatable bonds is 3. The Hall–Kier alpha value is -3.71. The Balaban J connectivity index is 1.97. The van der Waals surface area contributed by atoms with Crippen molar-refractivity contribution in [2.45, 2.75) is 37.6 Å². The predicted molar refractivity (Wildman–Crippen MR) is 109 cm³/mol. The molecule has 4 rings (SSSR count). The highest BCUT2D eigenvalue weighted by molar-refractivity contribution is 5.88. The molecule has 1 fully saturated rings. The van der Waals surface area contributed by atoms with Crippen LogP contribution in [0.4, 0.5) is 0 Å². The Morgan fingerprint density at radius 3 is 2.15 bits per heavy atom. The summed E-state index contributed by atoms with van der Waals surface area (Å²) in [5, 5.41) is 79.0. The number of phenols is 5. The Labute approximate surface area is 184 Å². The first kappa shape index (κ1) is 22.5. The second-order valence-electron chi connectivity index (χ2n) is 7.59. The third kappa shape index (κ3) is 3.74. The molecular weight excluding hydrogens is 444 g/mol. The van der Waals surface area contributed by atoms with E-state index in [1.165, 1.54) is 6.92 Å². The maximum atomic E-state index is 13.3. The van der Waals surface area contributed by atoms with Gasteiger partial charge in [-0.3, -0.25) is 4.79 Å². The van der Waals surface area contributed by atoms with Crippen molar-refractivity contribution in [1.29, 1.82) is 0 Å². The molecule has 0 saturated carbocycles. The van der Waals surface area contributed by atoms with Crippen molar-refractivity contribution in [3.8, 4) is 45.8 Å². The summed E-state index contributed by atoms with van der Waals surface area (Å²) < 4.78 is 16.4. The average Bonchev–Trinajstić information content (AvgIpc) is 2.73. The lowest BCUT2D eigenvalue weighted by molar-refractivity contribution is -0.273. The highest BCUT2D eigenvalue weighted by atomic mass is 16.6. The number of ether oxygens (including phenoxy) is 2. The molecule has 5 atom stereocenters. The van der Waals surface area contributed by atoms with E-state index in [0.717, 1.165) is 24.3 Å². The van der Waals surface area contributed by atoms with Gasteiger partial charge in [-0.05, 0) is 19.1 Å². The van der Waals surface area contributed by atoms with Gasteiger partial charge in [0.15, 0.2) is 35.4 Å². The van der Waals surface area contributed by atoms with Crippen LogP contribution in [-0.4, -0.2) is 71.6 Å². The minimum Gasteiger partial charge on any atom is -0.508 e. The van der Waals surface area contributed by atoms with E-state index in [1.54, 1.807) is 0 Å². The Morgan fingerprint density at radius 2 is 1.52 bits per heavy atom. The third-order valence-corrected chi connectivity index (χ3v) is 5.30. The van der Waals surface area contributed by atoms with Crippen LogP contribution in [0.25, 0.3) is 22.3 Å². The van der Waals surface area contributed by atoms with E-state index in [2.05, 4.69) is 0 Å². The molecule has 0 aliphatic carbocycles. The Morgan fingerprint density at radius 1 is 0.879 bits per heavy atom. The van der Waals surface area contributed by atoms with Crippen molar-refractivity contribution in [1.82, 2.24) is 0 Å². The standard InChI is InChI=1S/C21H20O12/c1-6-18(16(28)17(29)21(30)31-6)33-20-15(27)13-9(23)4-8(22)5-12(13)32-19(20)7-2-10(24)14(26)11(25)3-7/h2-6,16-18,21-26,28-30H,1H3. The molecule has 2 heterocycles. The van der Waals surface area contributed by atoms with Crippen molar-refractivity contribution in [3.63, 3.8) is 0 Å². The second-order valence-corrected chi connectivity index (χ2v) is 7.59. The zero-order valence-corrected chi connectivity index (χ0v) is 16.9. The average molecular weight is 464 g/mol. The zero-order chi connectivity index (χ0) is 24.2. The molecule has 12 nitrogen and oxygen atoms in total. The van der Waals surface area contributed by atoms with Crippen LogP contribution in [0.1, 0.15) is 6.92 Å². The van der Waals surface area contributed by atoms with Gasteiger partial charge in [-0.25, -0.2) is 0 Å². The molecule has 0 radical (unpaired) electrons. The van der Waals surface area contributed by atoms with Crippen LogP contribution in [0, 0.1) is 0 Å². The maximum absolute atomic E-state index is 13.3. The lowest BCUT2D eigenvalue weighted by Gasteiger charge is -2.39. The van der Waals surface area contributed by atoms with E-state index in [1.807, 2.05) is 0 Å². The lowest BCUT2D eigenvalue weighted by atomic mass is 9.99. The van der Waals surface area contributed by atoms with Crippen LogP contribution in [-0.2, 0) is 4.74 Å². The topological polar surface area (TPSA) is 211 Å². The fraction of sp³-hybridized carbons (Fsp3) is 0.286. The van der Waals surface area contributed by atoms with Gasteiger partial charge < -0.3 is 54.7 Å². The molecule has 1 aliphatic heterocycles. The van der Waals surface area contributed by atoms with Gasteiger partial charge in [0.05, 0.1) is 6.10 Å². The molecule has 0 spiro atoms. The first-order chi connectivity index (χ1) is 15.5.